The van der Waals surface area contributed by atoms with Crippen molar-refractivity contribution < 1.29 is 33.8 Å². The van der Waals surface area contributed by atoms with E-state index in [1.54, 1.807) is 12.1 Å². The monoisotopic (exact) mass is 463 g/mol. The van der Waals surface area contributed by atoms with E-state index in [0.717, 1.165) is 45.6 Å². The lowest BCUT2D eigenvalue weighted by atomic mass is 9.86. The van der Waals surface area contributed by atoms with E-state index in [-0.39, 0.29) is 30.6 Å². The van der Waals surface area contributed by atoms with Crippen LogP contribution in [0.5, 0.6) is 5.75 Å². The number of Topliss-reactive ketones (excluding diaryl/α,β-unsaturated/α-hetero) is 2. The quantitative estimate of drug-likeness (QED) is 0.541. The van der Waals surface area contributed by atoms with Crippen molar-refractivity contribution in [2.45, 2.75) is 45.3 Å². The molecule has 1 aliphatic carbocycles. The third kappa shape index (κ3) is 3.93. The lowest BCUT2D eigenvalue weighted by Gasteiger charge is -2.25. The summed E-state index contributed by atoms with van der Waals surface area (Å²) in [5, 5.41) is 9.29. The molecule has 2 aliphatic heterocycles. The zero-order valence-corrected chi connectivity index (χ0v) is 18.8. The molecule has 8 nitrogen and oxygen atoms in total. The first kappa shape index (κ1) is 22.1. The zero-order valence-electron chi connectivity index (χ0n) is 18.8. The standard InChI is InChI=1S/C26H25NO7/c1-14-7-21(27(11-14)26(31)32)25(30)34-13-23(29)16-5-6-18-17(8-16)12-33-24-10-19-15(9-20(18)24)3-2-4-22(19)28/h5-6,8-10,14,21H,2-4,7,11-13H2,1H3,(H,31,32). The van der Waals surface area contributed by atoms with E-state index in [4.69, 9.17) is 9.47 Å². The summed E-state index contributed by atoms with van der Waals surface area (Å²) in [5.41, 5.74) is 4.85. The zero-order chi connectivity index (χ0) is 24.0. The number of benzene rings is 2. The third-order valence-electron chi connectivity index (χ3n) is 6.83. The molecule has 1 N–H and O–H groups in total. The van der Waals surface area contributed by atoms with Gasteiger partial charge >= 0.3 is 12.1 Å². The summed E-state index contributed by atoms with van der Waals surface area (Å²) in [5.74, 6) is -0.201. The predicted octanol–water partition coefficient (Wildman–Crippen LogP) is 3.88. The van der Waals surface area contributed by atoms with Crippen LogP contribution in [0.25, 0.3) is 11.1 Å². The van der Waals surface area contributed by atoms with Crippen LogP contribution in [-0.2, 0) is 22.6 Å². The minimum absolute atomic E-state index is 0.0524. The average molecular weight is 463 g/mol. The summed E-state index contributed by atoms with van der Waals surface area (Å²) in [6, 6.07) is 8.24. The molecule has 0 spiro atoms. The topological polar surface area (TPSA) is 110 Å². The van der Waals surface area contributed by atoms with E-state index in [0.29, 0.717) is 24.2 Å². The fourth-order valence-corrected chi connectivity index (χ4v) is 5.10. The minimum Gasteiger partial charge on any atom is -0.488 e. The number of nitrogens with zero attached hydrogens (tertiary/aromatic N) is 1. The molecule has 0 aromatic heterocycles. The molecule has 1 saturated heterocycles. The van der Waals surface area contributed by atoms with Crippen molar-refractivity contribution in [3.05, 3.63) is 52.6 Å². The van der Waals surface area contributed by atoms with Gasteiger partial charge in [-0.3, -0.25) is 14.5 Å². The lowest BCUT2D eigenvalue weighted by molar-refractivity contribution is -0.147. The van der Waals surface area contributed by atoms with Crippen LogP contribution in [0.15, 0.2) is 30.3 Å². The summed E-state index contributed by atoms with van der Waals surface area (Å²) >= 11 is 0. The van der Waals surface area contributed by atoms with Crippen molar-refractivity contribution in [2.24, 2.45) is 5.92 Å². The number of carbonyl (C=O) groups excluding carboxylic acids is 3. The Morgan fingerprint density at radius 2 is 1.91 bits per heavy atom. The van der Waals surface area contributed by atoms with E-state index < -0.39 is 24.7 Å². The van der Waals surface area contributed by atoms with Crippen LogP contribution in [0.4, 0.5) is 4.79 Å². The van der Waals surface area contributed by atoms with Gasteiger partial charge in [-0.05, 0) is 60.1 Å². The SMILES string of the molecule is CC1CC(C(=O)OCC(=O)c2ccc3c(c2)COc2cc4c(cc2-3)CCCC4=O)N(C(=O)O)C1. The van der Waals surface area contributed by atoms with Crippen LogP contribution in [0.1, 0.15) is 58.0 Å². The fourth-order valence-electron chi connectivity index (χ4n) is 5.10. The van der Waals surface area contributed by atoms with Crippen LogP contribution in [0.2, 0.25) is 0 Å². The van der Waals surface area contributed by atoms with Crippen molar-refractivity contribution in [3.63, 3.8) is 0 Å². The normalized spacial score (nSPS) is 20.6. The van der Waals surface area contributed by atoms with Crippen molar-refractivity contribution in [2.75, 3.05) is 13.2 Å². The molecule has 176 valence electrons. The number of esters is 1. The Hall–Kier alpha value is -3.68. The Morgan fingerprint density at radius 3 is 2.71 bits per heavy atom. The second kappa shape index (κ2) is 8.59. The van der Waals surface area contributed by atoms with Gasteiger partial charge in [-0.25, -0.2) is 9.59 Å². The molecule has 3 aliphatic rings. The van der Waals surface area contributed by atoms with Gasteiger partial charge in [-0.2, -0.15) is 0 Å². The summed E-state index contributed by atoms with van der Waals surface area (Å²) < 4.78 is 11.1. The van der Waals surface area contributed by atoms with Gasteiger partial charge in [0.25, 0.3) is 0 Å². The van der Waals surface area contributed by atoms with E-state index >= 15 is 0 Å². The molecular weight excluding hydrogens is 438 g/mol. The average Bonchev–Trinajstić information content (AvgIpc) is 3.23. The van der Waals surface area contributed by atoms with Gasteiger partial charge in [0.1, 0.15) is 18.4 Å². The Balaban J connectivity index is 1.31. The summed E-state index contributed by atoms with van der Waals surface area (Å²) in [7, 11) is 0. The van der Waals surface area contributed by atoms with Gasteiger partial charge in [0, 0.05) is 29.7 Å². The van der Waals surface area contributed by atoms with E-state index in [1.165, 1.54) is 0 Å². The molecule has 34 heavy (non-hydrogen) atoms. The lowest BCUT2D eigenvalue weighted by Crippen LogP contribution is -2.41. The van der Waals surface area contributed by atoms with Crippen molar-refractivity contribution >= 4 is 23.6 Å². The molecule has 2 aromatic rings. The molecule has 2 atom stereocenters. The number of carbonyl (C=O) groups is 4. The van der Waals surface area contributed by atoms with Crippen LogP contribution in [0, 0.1) is 5.92 Å². The molecule has 1 amide bonds. The summed E-state index contributed by atoms with van der Waals surface area (Å²) in [4.78, 5) is 49.8. The highest BCUT2D eigenvalue weighted by molar-refractivity contribution is 6.01. The number of aryl methyl sites for hydroxylation is 1. The number of carboxylic acid groups (broad SMARTS) is 1. The molecule has 5 rings (SSSR count). The highest BCUT2D eigenvalue weighted by Crippen LogP contribution is 2.41. The number of hydrogen-bond acceptors (Lipinski definition) is 6. The van der Waals surface area contributed by atoms with Crippen molar-refractivity contribution in [1.29, 1.82) is 0 Å². The van der Waals surface area contributed by atoms with Crippen LogP contribution in [0.3, 0.4) is 0 Å². The fraction of sp³-hybridized carbons (Fsp3) is 0.385. The van der Waals surface area contributed by atoms with E-state index in [9.17, 15) is 24.3 Å². The maximum atomic E-state index is 12.7. The van der Waals surface area contributed by atoms with Crippen LogP contribution in [-0.4, -0.2) is 52.8 Å². The predicted molar refractivity (Wildman–Crippen MR) is 121 cm³/mol. The first-order chi connectivity index (χ1) is 16.3. The Labute approximate surface area is 196 Å². The number of hydrogen-bond donors (Lipinski definition) is 1. The number of likely N-dealkylation sites (tertiary alicyclic amines) is 1. The maximum Gasteiger partial charge on any atom is 0.408 e. The number of rotatable bonds is 4. The van der Waals surface area contributed by atoms with E-state index in [2.05, 4.69) is 0 Å². The number of amides is 1. The summed E-state index contributed by atoms with van der Waals surface area (Å²) in [6.07, 6.45) is 1.47. The van der Waals surface area contributed by atoms with Gasteiger partial charge < -0.3 is 14.6 Å². The van der Waals surface area contributed by atoms with Gasteiger partial charge in [-0.1, -0.05) is 19.1 Å². The molecular formula is C26H25NO7. The third-order valence-corrected chi connectivity index (χ3v) is 6.83. The van der Waals surface area contributed by atoms with E-state index in [1.807, 2.05) is 25.1 Å². The smallest absolute Gasteiger partial charge is 0.408 e. The van der Waals surface area contributed by atoms with Gasteiger partial charge in [0.2, 0.25) is 0 Å². The number of ketones is 2. The van der Waals surface area contributed by atoms with Crippen LogP contribution < -0.4 is 4.74 Å². The van der Waals surface area contributed by atoms with Gasteiger partial charge in [0.05, 0.1) is 0 Å². The first-order valence-electron chi connectivity index (χ1n) is 11.5. The molecule has 0 radical (unpaired) electrons. The molecule has 8 heteroatoms. The number of ether oxygens (including phenoxy) is 2. The Bertz CT molecular complexity index is 1220. The second-order valence-electron chi connectivity index (χ2n) is 9.27. The van der Waals surface area contributed by atoms with Gasteiger partial charge in [0.15, 0.2) is 18.2 Å². The molecule has 2 heterocycles. The number of fused-ring (bicyclic) bond motifs is 4. The second-order valence-corrected chi connectivity index (χ2v) is 9.27. The van der Waals surface area contributed by atoms with Crippen LogP contribution >= 0.6 is 0 Å². The van der Waals surface area contributed by atoms with Crippen molar-refractivity contribution in [3.8, 4) is 16.9 Å². The molecule has 0 bridgehead atoms. The molecule has 1 fully saturated rings. The summed E-state index contributed by atoms with van der Waals surface area (Å²) in [6.45, 7) is 1.95. The Kier molecular flexibility index (Phi) is 5.59. The first-order valence-corrected chi connectivity index (χ1v) is 11.5. The highest BCUT2D eigenvalue weighted by atomic mass is 16.5. The highest BCUT2D eigenvalue weighted by Gasteiger charge is 2.39. The Morgan fingerprint density at radius 1 is 1.09 bits per heavy atom. The molecule has 2 unspecified atom stereocenters. The molecule has 0 saturated carbocycles. The largest absolute Gasteiger partial charge is 0.488 e. The van der Waals surface area contributed by atoms with Gasteiger partial charge in [-0.15, -0.1) is 0 Å². The maximum absolute atomic E-state index is 12.7. The van der Waals surface area contributed by atoms with Crippen molar-refractivity contribution in [1.82, 2.24) is 4.90 Å². The molecule has 2 aromatic carbocycles. The minimum atomic E-state index is -1.17.